The molecular weight excluding hydrogens is 361 g/mol. The molecular formula is C16H8Cl2F2N2O2. The molecule has 1 aromatic heterocycles. The van der Waals surface area contributed by atoms with Gasteiger partial charge in [0.25, 0.3) is 0 Å². The highest BCUT2D eigenvalue weighted by atomic mass is 35.5. The Bertz CT molecular complexity index is 937. The second-order valence-corrected chi connectivity index (χ2v) is 5.73. The summed E-state index contributed by atoms with van der Waals surface area (Å²) >= 11 is 11.6. The van der Waals surface area contributed by atoms with Crippen molar-refractivity contribution in [2.75, 3.05) is 0 Å². The Hall–Kier alpha value is -2.44. The van der Waals surface area contributed by atoms with Gasteiger partial charge in [-0.2, -0.15) is 5.10 Å². The Kier molecular flexibility index (Phi) is 4.26. The molecule has 0 saturated heterocycles. The second-order valence-electron chi connectivity index (χ2n) is 4.89. The van der Waals surface area contributed by atoms with Crippen LogP contribution in [0.15, 0.2) is 42.5 Å². The van der Waals surface area contributed by atoms with Crippen molar-refractivity contribution in [3.63, 3.8) is 0 Å². The van der Waals surface area contributed by atoms with Gasteiger partial charge in [-0.1, -0.05) is 23.2 Å². The number of carboxylic acid groups (broad SMARTS) is 1. The number of aromatic carboxylic acids is 1. The van der Waals surface area contributed by atoms with E-state index in [9.17, 15) is 13.6 Å². The highest BCUT2D eigenvalue weighted by Crippen LogP contribution is 2.29. The third-order valence-electron chi connectivity index (χ3n) is 3.23. The minimum Gasteiger partial charge on any atom is -0.476 e. The summed E-state index contributed by atoms with van der Waals surface area (Å²) in [6, 6.07) is 8.85. The first-order valence-electron chi connectivity index (χ1n) is 6.60. The Balaban J connectivity index is 2.24. The van der Waals surface area contributed by atoms with Crippen LogP contribution in [0, 0.1) is 11.6 Å². The van der Waals surface area contributed by atoms with Gasteiger partial charge in [0, 0.05) is 10.6 Å². The molecule has 0 aliphatic carbocycles. The Morgan fingerprint density at radius 3 is 2.46 bits per heavy atom. The van der Waals surface area contributed by atoms with Gasteiger partial charge in [-0.05, 0) is 42.5 Å². The van der Waals surface area contributed by atoms with Gasteiger partial charge >= 0.3 is 5.97 Å². The average Bonchev–Trinajstić information content (AvgIpc) is 2.94. The third kappa shape index (κ3) is 3.11. The number of halogens is 4. The maximum Gasteiger partial charge on any atom is 0.356 e. The van der Waals surface area contributed by atoms with Gasteiger partial charge in [0.2, 0.25) is 0 Å². The van der Waals surface area contributed by atoms with E-state index in [1.54, 1.807) is 0 Å². The molecule has 0 aliphatic heterocycles. The summed E-state index contributed by atoms with van der Waals surface area (Å²) < 4.78 is 28.2. The van der Waals surface area contributed by atoms with Crippen molar-refractivity contribution in [1.82, 2.24) is 9.78 Å². The summed E-state index contributed by atoms with van der Waals surface area (Å²) in [6.07, 6.45) is 0. The maximum atomic E-state index is 13.6. The number of hydrogen-bond donors (Lipinski definition) is 1. The van der Waals surface area contributed by atoms with E-state index >= 15 is 0 Å². The van der Waals surface area contributed by atoms with E-state index in [0.29, 0.717) is 11.3 Å². The molecule has 3 rings (SSSR count). The number of carbonyl (C=O) groups is 1. The summed E-state index contributed by atoms with van der Waals surface area (Å²) in [5.74, 6) is -2.47. The molecule has 0 spiro atoms. The van der Waals surface area contributed by atoms with Crippen molar-refractivity contribution in [2.24, 2.45) is 0 Å². The molecule has 1 N–H and O–H groups in total. The van der Waals surface area contributed by atoms with Crippen molar-refractivity contribution in [3.05, 3.63) is 69.8 Å². The predicted octanol–water partition coefficient (Wildman–Crippen LogP) is 4.82. The lowest BCUT2D eigenvalue weighted by molar-refractivity contribution is 0.0690. The summed E-state index contributed by atoms with van der Waals surface area (Å²) in [4.78, 5) is 11.2. The highest BCUT2D eigenvalue weighted by molar-refractivity contribution is 6.31. The average molecular weight is 369 g/mol. The number of hydrogen-bond acceptors (Lipinski definition) is 2. The Morgan fingerprint density at radius 1 is 1.08 bits per heavy atom. The van der Waals surface area contributed by atoms with Crippen LogP contribution in [0.1, 0.15) is 10.5 Å². The second kappa shape index (κ2) is 6.22. The van der Waals surface area contributed by atoms with E-state index < -0.39 is 17.6 Å². The fourth-order valence-corrected chi connectivity index (χ4v) is 2.60. The first-order chi connectivity index (χ1) is 11.3. The van der Waals surface area contributed by atoms with E-state index in [2.05, 4.69) is 5.10 Å². The Labute approximate surface area is 144 Å². The van der Waals surface area contributed by atoms with Crippen LogP contribution in [0.5, 0.6) is 0 Å². The monoisotopic (exact) mass is 368 g/mol. The summed E-state index contributed by atoms with van der Waals surface area (Å²) in [5.41, 5.74) is 0.659. The van der Waals surface area contributed by atoms with E-state index in [4.69, 9.17) is 28.3 Å². The number of aromatic nitrogens is 2. The molecule has 1 heterocycles. The molecule has 0 saturated carbocycles. The fraction of sp³-hybridized carbons (Fsp3) is 0. The highest BCUT2D eigenvalue weighted by Gasteiger charge is 2.17. The van der Waals surface area contributed by atoms with Crippen LogP contribution in [0.2, 0.25) is 10.0 Å². The van der Waals surface area contributed by atoms with Gasteiger partial charge < -0.3 is 5.11 Å². The minimum absolute atomic E-state index is 0.145. The van der Waals surface area contributed by atoms with Crippen molar-refractivity contribution in [2.45, 2.75) is 0 Å². The van der Waals surface area contributed by atoms with Gasteiger partial charge in [0.1, 0.15) is 11.6 Å². The molecule has 4 nitrogen and oxygen atoms in total. The van der Waals surface area contributed by atoms with Crippen LogP contribution in [-0.4, -0.2) is 20.9 Å². The summed E-state index contributed by atoms with van der Waals surface area (Å²) in [5, 5.41) is 13.1. The van der Waals surface area contributed by atoms with E-state index in [1.165, 1.54) is 35.0 Å². The van der Waals surface area contributed by atoms with Gasteiger partial charge in [0.05, 0.1) is 16.4 Å². The molecule has 0 aliphatic rings. The normalized spacial score (nSPS) is 10.8. The largest absolute Gasteiger partial charge is 0.476 e. The molecule has 3 aromatic rings. The molecule has 8 heteroatoms. The van der Waals surface area contributed by atoms with Crippen LogP contribution in [0.4, 0.5) is 8.78 Å². The van der Waals surface area contributed by atoms with Crippen LogP contribution in [0.3, 0.4) is 0 Å². The number of nitrogens with zero attached hydrogens (tertiary/aromatic N) is 2. The number of carboxylic acids is 1. The smallest absolute Gasteiger partial charge is 0.356 e. The van der Waals surface area contributed by atoms with E-state index in [1.807, 2.05) is 0 Å². The lowest BCUT2D eigenvalue weighted by Crippen LogP contribution is -2.02. The number of benzene rings is 2. The zero-order valence-corrected chi connectivity index (χ0v) is 13.3. The Morgan fingerprint density at radius 2 is 1.83 bits per heavy atom. The quantitative estimate of drug-likeness (QED) is 0.720. The van der Waals surface area contributed by atoms with Gasteiger partial charge in [-0.15, -0.1) is 0 Å². The molecule has 0 fully saturated rings. The molecule has 24 heavy (non-hydrogen) atoms. The molecule has 0 atom stereocenters. The van der Waals surface area contributed by atoms with Crippen LogP contribution in [-0.2, 0) is 0 Å². The van der Waals surface area contributed by atoms with Gasteiger partial charge in [-0.3, -0.25) is 0 Å². The van der Waals surface area contributed by atoms with Crippen molar-refractivity contribution in [1.29, 1.82) is 0 Å². The maximum absolute atomic E-state index is 13.6. The molecule has 0 radical (unpaired) electrons. The van der Waals surface area contributed by atoms with Crippen molar-refractivity contribution < 1.29 is 18.7 Å². The molecule has 0 bridgehead atoms. The predicted molar refractivity (Wildman–Crippen MR) is 85.9 cm³/mol. The van der Waals surface area contributed by atoms with E-state index in [0.717, 1.165) is 12.1 Å². The molecule has 2 aromatic carbocycles. The first-order valence-corrected chi connectivity index (χ1v) is 7.36. The van der Waals surface area contributed by atoms with Crippen LogP contribution < -0.4 is 0 Å². The van der Waals surface area contributed by atoms with Crippen molar-refractivity contribution >= 4 is 29.2 Å². The SMILES string of the molecule is O=C(O)c1cc(-c2cc(F)cc(Cl)c2)n(-c2ccc(F)c(Cl)c2)n1. The van der Waals surface area contributed by atoms with Crippen molar-refractivity contribution in [3.8, 4) is 16.9 Å². The third-order valence-corrected chi connectivity index (χ3v) is 3.74. The standard InChI is InChI=1S/C16H8Cl2F2N2O2/c17-9-3-8(4-10(19)5-9)15-7-14(16(23)24)21-22(15)11-1-2-13(20)12(18)6-11/h1-7H,(H,23,24). The lowest BCUT2D eigenvalue weighted by atomic mass is 10.1. The van der Waals surface area contributed by atoms with Gasteiger partial charge in [-0.25, -0.2) is 18.3 Å². The summed E-state index contributed by atoms with van der Waals surface area (Å²) in [7, 11) is 0. The number of rotatable bonds is 3. The van der Waals surface area contributed by atoms with Gasteiger partial charge in [0.15, 0.2) is 5.69 Å². The molecule has 0 unspecified atom stereocenters. The van der Waals surface area contributed by atoms with Crippen LogP contribution in [0.25, 0.3) is 16.9 Å². The fourth-order valence-electron chi connectivity index (χ4n) is 2.21. The van der Waals surface area contributed by atoms with E-state index in [-0.39, 0.29) is 21.4 Å². The molecule has 0 amide bonds. The summed E-state index contributed by atoms with van der Waals surface area (Å²) in [6.45, 7) is 0. The lowest BCUT2D eigenvalue weighted by Gasteiger charge is -2.09. The molecule has 122 valence electrons. The zero-order chi connectivity index (χ0) is 17.4. The topological polar surface area (TPSA) is 55.1 Å². The first kappa shape index (κ1) is 16.4. The minimum atomic E-state index is -1.26. The zero-order valence-electron chi connectivity index (χ0n) is 11.8. The van der Waals surface area contributed by atoms with Crippen LogP contribution >= 0.6 is 23.2 Å².